The van der Waals surface area contributed by atoms with E-state index in [0.29, 0.717) is 24.9 Å². The van der Waals surface area contributed by atoms with E-state index in [1.165, 1.54) is 16.7 Å². The van der Waals surface area contributed by atoms with Gasteiger partial charge in [0.1, 0.15) is 18.1 Å². The second kappa shape index (κ2) is 8.39. The van der Waals surface area contributed by atoms with Crippen molar-refractivity contribution in [3.8, 4) is 22.6 Å². The lowest BCUT2D eigenvalue weighted by Crippen LogP contribution is -2.07. The molecule has 0 spiro atoms. The molecule has 1 aliphatic rings. The van der Waals surface area contributed by atoms with Crippen molar-refractivity contribution in [2.45, 2.75) is 32.3 Å². The highest BCUT2D eigenvalue weighted by Crippen LogP contribution is 2.39. The quantitative estimate of drug-likeness (QED) is 0.512. The molecule has 0 fully saturated rings. The van der Waals surface area contributed by atoms with Crippen LogP contribution in [0.2, 0.25) is 0 Å². The van der Waals surface area contributed by atoms with Crippen molar-refractivity contribution in [2.75, 3.05) is 6.61 Å². The molecule has 1 aliphatic heterocycles. The van der Waals surface area contributed by atoms with E-state index in [2.05, 4.69) is 31.2 Å². The number of hydrogen-bond acceptors (Lipinski definition) is 3. The van der Waals surface area contributed by atoms with Gasteiger partial charge in [0.05, 0.1) is 12.2 Å². The van der Waals surface area contributed by atoms with Crippen LogP contribution in [0.25, 0.3) is 11.1 Å². The van der Waals surface area contributed by atoms with E-state index < -0.39 is 5.97 Å². The molecule has 3 aromatic carbocycles. The number of benzene rings is 3. The molecule has 0 aliphatic carbocycles. The number of ether oxygens (including phenoxy) is 2. The number of hydrogen-bond donors (Lipinski definition) is 1. The highest BCUT2D eigenvalue weighted by Gasteiger charge is 2.18. The SMILES string of the molecule is CC(CCCOc1ccc(C(=O)O)cc1)c1ccc2c(c1)-c1ccccc1OC2. The van der Waals surface area contributed by atoms with Crippen LogP contribution in [0.15, 0.2) is 66.7 Å². The summed E-state index contributed by atoms with van der Waals surface area (Å²) in [6.07, 6.45) is 1.95. The molecule has 0 radical (unpaired) electrons. The van der Waals surface area contributed by atoms with Crippen molar-refractivity contribution in [3.05, 3.63) is 83.4 Å². The van der Waals surface area contributed by atoms with Crippen LogP contribution in [-0.4, -0.2) is 17.7 Å². The van der Waals surface area contributed by atoms with Crippen LogP contribution >= 0.6 is 0 Å². The lowest BCUT2D eigenvalue weighted by molar-refractivity contribution is 0.0697. The van der Waals surface area contributed by atoms with Crippen LogP contribution in [0.4, 0.5) is 0 Å². The van der Waals surface area contributed by atoms with Crippen LogP contribution in [0, 0.1) is 0 Å². The zero-order valence-electron chi connectivity index (χ0n) is 16.4. The molecule has 0 amide bonds. The smallest absolute Gasteiger partial charge is 0.335 e. The number of rotatable bonds is 7. The maximum atomic E-state index is 10.9. The molecule has 1 heterocycles. The summed E-state index contributed by atoms with van der Waals surface area (Å²) in [7, 11) is 0. The first-order valence-electron chi connectivity index (χ1n) is 9.93. The van der Waals surface area contributed by atoms with E-state index in [-0.39, 0.29) is 5.56 Å². The zero-order chi connectivity index (χ0) is 20.2. The van der Waals surface area contributed by atoms with Gasteiger partial charge in [-0.15, -0.1) is 0 Å². The lowest BCUT2D eigenvalue weighted by Gasteiger charge is -2.22. The minimum Gasteiger partial charge on any atom is -0.494 e. The van der Waals surface area contributed by atoms with Gasteiger partial charge in [-0.2, -0.15) is 0 Å². The average molecular weight is 388 g/mol. The molecule has 1 atom stereocenters. The van der Waals surface area contributed by atoms with Gasteiger partial charge in [0.2, 0.25) is 0 Å². The Labute approximate surface area is 170 Å². The minimum absolute atomic E-state index is 0.269. The first-order chi connectivity index (χ1) is 14.1. The van der Waals surface area contributed by atoms with Crippen LogP contribution in [0.5, 0.6) is 11.5 Å². The largest absolute Gasteiger partial charge is 0.494 e. The summed E-state index contributed by atoms with van der Waals surface area (Å²) in [6.45, 7) is 3.47. The molecule has 0 bridgehead atoms. The Kier molecular flexibility index (Phi) is 5.52. The van der Waals surface area contributed by atoms with Gasteiger partial charge in [0, 0.05) is 5.56 Å². The van der Waals surface area contributed by atoms with Crippen molar-refractivity contribution in [2.24, 2.45) is 0 Å². The molecule has 0 aromatic heterocycles. The van der Waals surface area contributed by atoms with Gasteiger partial charge in [-0.1, -0.05) is 43.3 Å². The molecule has 1 unspecified atom stereocenters. The number of carbonyl (C=O) groups is 1. The zero-order valence-corrected chi connectivity index (χ0v) is 16.4. The molecule has 4 rings (SSSR count). The average Bonchev–Trinajstić information content (AvgIpc) is 2.76. The maximum absolute atomic E-state index is 10.9. The van der Waals surface area contributed by atoms with Gasteiger partial charge >= 0.3 is 5.97 Å². The first-order valence-corrected chi connectivity index (χ1v) is 9.93. The van der Waals surface area contributed by atoms with Gasteiger partial charge in [0.25, 0.3) is 0 Å². The third-order valence-electron chi connectivity index (χ3n) is 5.41. The fourth-order valence-corrected chi connectivity index (χ4v) is 3.69. The third kappa shape index (κ3) is 4.27. The van der Waals surface area contributed by atoms with E-state index in [4.69, 9.17) is 14.6 Å². The highest BCUT2D eigenvalue weighted by molar-refractivity contribution is 5.87. The molecular formula is C25H24O4. The molecule has 1 N–H and O–H groups in total. The van der Waals surface area contributed by atoms with Gasteiger partial charge < -0.3 is 14.6 Å². The fraction of sp³-hybridized carbons (Fsp3) is 0.240. The van der Waals surface area contributed by atoms with E-state index in [0.717, 1.165) is 24.2 Å². The predicted octanol–water partition coefficient (Wildman–Crippen LogP) is 5.91. The van der Waals surface area contributed by atoms with E-state index in [9.17, 15) is 4.79 Å². The lowest BCUT2D eigenvalue weighted by atomic mass is 9.89. The van der Waals surface area contributed by atoms with Crippen LogP contribution in [0.1, 0.15) is 47.2 Å². The normalized spacial score (nSPS) is 13.0. The Morgan fingerprint density at radius 1 is 1.07 bits per heavy atom. The Balaban J connectivity index is 1.35. The summed E-state index contributed by atoms with van der Waals surface area (Å²) in [5.74, 6) is 1.15. The van der Waals surface area contributed by atoms with Crippen LogP contribution < -0.4 is 9.47 Å². The molecule has 3 aromatic rings. The monoisotopic (exact) mass is 388 g/mol. The van der Waals surface area contributed by atoms with Gasteiger partial charge in [-0.05, 0) is 65.8 Å². The predicted molar refractivity (Wildman–Crippen MR) is 113 cm³/mol. The Bertz CT molecular complexity index is 1010. The summed E-state index contributed by atoms with van der Waals surface area (Å²) in [5.41, 5.74) is 5.26. The highest BCUT2D eigenvalue weighted by atomic mass is 16.5. The Hall–Kier alpha value is -3.27. The summed E-state index contributed by atoms with van der Waals surface area (Å²) in [4.78, 5) is 10.9. The second-order valence-corrected chi connectivity index (χ2v) is 7.42. The molecular weight excluding hydrogens is 364 g/mol. The van der Waals surface area contributed by atoms with Crippen molar-refractivity contribution in [1.29, 1.82) is 0 Å². The number of fused-ring (bicyclic) bond motifs is 3. The molecule has 0 saturated carbocycles. The molecule has 148 valence electrons. The van der Waals surface area contributed by atoms with Gasteiger partial charge in [-0.3, -0.25) is 0 Å². The topological polar surface area (TPSA) is 55.8 Å². The second-order valence-electron chi connectivity index (χ2n) is 7.42. The van der Waals surface area contributed by atoms with Crippen molar-refractivity contribution in [3.63, 3.8) is 0 Å². The van der Waals surface area contributed by atoms with Crippen molar-refractivity contribution < 1.29 is 19.4 Å². The Morgan fingerprint density at radius 3 is 2.66 bits per heavy atom. The van der Waals surface area contributed by atoms with E-state index in [1.807, 2.05) is 18.2 Å². The fourth-order valence-electron chi connectivity index (χ4n) is 3.69. The van der Waals surface area contributed by atoms with E-state index in [1.54, 1.807) is 24.3 Å². The summed E-state index contributed by atoms with van der Waals surface area (Å²) in [5, 5.41) is 8.94. The van der Waals surface area contributed by atoms with Gasteiger partial charge in [0.15, 0.2) is 0 Å². The molecule has 4 heteroatoms. The van der Waals surface area contributed by atoms with Crippen LogP contribution in [-0.2, 0) is 6.61 Å². The standard InChI is InChI=1S/C25H24O4/c1-17(5-4-14-28-21-12-10-18(11-13-21)25(26)27)19-8-9-20-16-29-24-7-3-2-6-22(24)23(20)15-19/h2-3,6-13,15,17H,4-5,14,16H2,1H3,(H,26,27). The van der Waals surface area contributed by atoms with E-state index >= 15 is 0 Å². The van der Waals surface area contributed by atoms with Crippen molar-refractivity contribution in [1.82, 2.24) is 0 Å². The number of aromatic carboxylic acids is 1. The number of carboxylic acid groups (broad SMARTS) is 1. The molecule has 29 heavy (non-hydrogen) atoms. The van der Waals surface area contributed by atoms with Crippen LogP contribution in [0.3, 0.4) is 0 Å². The minimum atomic E-state index is -0.926. The summed E-state index contributed by atoms with van der Waals surface area (Å²) < 4.78 is 11.6. The summed E-state index contributed by atoms with van der Waals surface area (Å²) >= 11 is 0. The third-order valence-corrected chi connectivity index (χ3v) is 5.41. The molecule has 0 saturated heterocycles. The number of carboxylic acids is 1. The summed E-state index contributed by atoms with van der Waals surface area (Å²) in [6, 6.07) is 21.4. The molecule has 4 nitrogen and oxygen atoms in total. The maximum Gasteiger partial charge on any atom is 0.335 e. The van der Waals surface area contributed by atoms with Crippen molar-refractivity contribution >= 4 is 5.97 Å². The number of para-hydroxylation sites is 1. The van der Waals surface area contributed by atoms with Gasteiger partial charge in [-0.25, -0.2) is 4.79 Å². The Morgan fingerprint density at radius 2 is 1.86 bits per heavy atom. The first kappa shape index (κ1) is 19.1.